The van der Waals surface area contributed by atoms with Gasteiger partial charge in [0.1, 0.15) is 6.54 Å². The second-order valence-electron chi connectivity index (χ2n) is 5.67. The van der Waals surface area contributed by atoms with Gasteiger partial charge in [-0.2, -0.15) is 0 Å². The molecule has 0 radical (unpaired) electrons. The van der Waals surface area contributed by atoms with Gasteiger partial charge < -0.3 is 14.9 Å². The Bertz CT molecular complexity index is 471. The Morgan fingerprint density at radius 2 is 1.76 bits per heavy atom. The molecule has 0 aromatic heterocycles. The van der Waals surface area contributed by atoms with Crippen LogP contribution < -0.4 is 0 Å². The molecule has 2 rings (SSSR count). The number of likely N-dealkylation sites (tertiary alicyclic amines) is 1. The third-order valence-corrected chi connectivity index (χ3v) is 4.00. The smallest absolute Gasteiger partial charge is 0.323 e. The lowest BCUT2D eigenvalue weighted by Crippen LogP contribution is -2.46. The molecule has 114 valence electrons. The van der Waals surface area contributed by atoms with Crippen molar-refractivity contribution >= 4 is 17.8 Å². The topological polar surface area (TPSA) is 77.9 Å². The van der Waals surface area contributed by atoms with Gasteiger partial charge in [-0.25, -0.2) is 0 Å². The van der Waals surface area contributed by atoms with Crippen molar-refractivity contribution in [3.63, 3.8) is 0 Å². The Morgan fingerprint density at radius 1 is 1.14 bits per heavy atom. The van der Waals surface area contributed by atoms with Crippen molar-refractivity contribution in [1.29, 1.82) is 0 Å². The second kappa shape index (κ2) is 6.61. The highest BCUT2D eigenvalue weighted by molar-refractivity contribution is 5.84. The lowest BCUT2D eigenvalue weighted by Gasteiger charge is -2.33. The van der Waals surface area contributed by atoms with Gasteiger partial charge in [0.05, 0.1) is 6.54 Å². The van der Waals surface area contributed by atoms with Gasteiger partial charge in [-0.05, 0) is 25.7 Å². The largest absolute Gasteiger partial charge is 0.480 e. The first-order valence-electron chi connectivity index (χ1n) is 7.25. The van der Waals surface area contributed by atoms with Crippen LogP contribution in [-0.4, -0.2) is 58.9 Å². The lowest BCUT2D eigenvalue weighted by molar-refractivity contribution is -0.147. The number of hydrogen-bond donors (Lipinski definition) is 1. The van der Waals surface area contributed by atoms with Gasteiger partial charge in [-0.15, -0.1) is 6.42 Å². The highest BCUT2D eigenvalue weighted by Crippen LogP contribution is 2.32. The van der Waals surface area contributed by atoms with Crippen molar-refractivity contribution in [2.45, 2.75) is 25.7 Å². The number of piperidine rings is 1. The normalized spacial score (nSPS) is 18.9. The molecule has 0 spiro atoms. The second-order valence-corrected chi connectivity index (χ2v) is 5.67. The number of nitrogens with zero attached hydrogens (tertiary/aromatic N) is 2. The number of hydrogen-bond acceptors (Lipinski definition) is 3. The van der Waals surface area contributed by atoms with Crippen LogP contribution in [-0.2, 0) is 14.4 Å². The fraction of sp³-hybridized carbons (Fsp3) is 0.667. The monoisotopic (exact) mass is 292 g/mol. The molecular weight excluding hydrogens is 272 g/mol. The summed E-state index contributed by atoms with van der Waals surface area (Å²) in [5.41, 5.74) is 0. The molecule has 0 aromatic carbocycles. The van der Waals surface area contributed by atoms with Gasteiger partial charge >= 0.3 is 5.97 Å². The summed E-state index contributed by atoms with van der Waals surface area (Å²) in [6.45, 7) is 0.780. The summed E-state index contributed by atoms with van der Waals surface area (Å²) in [6.07, 6.45) is 8.30. The first-order chi connectivity index (χ1) is 10.0. The molecule has 6 heteroatoms. The maximum atomic E-state index is 12.3. The predicted octanol–water partition coefficient (Wildman–Crippen LogP) is 0.181. The zero-order valence-electron chi connectivity index (χ0n) is 12.0. The summed E-state index contributed by atoms with van der Waals surface area (Å²) in [5.74, 6) is 1.20. The molecule has 1 heterocycles. The fourth-order valence-corrected chi connectivity index (χ4v) is 2.68. The van der Waals surface area contributed by atoms with E-state index in [1.807, 2.05) is 4.90 Å². The van der Waals surface area contributed by atoms with Gasteiger partial charge in [0.2, 0.25) is 11.8 Å². The van der Waals surface area contributed by atoms with Gasteiger partial charge in [0.25, 0.3) is 0 Å². The Labute approximate surface area is 124 Å². The Kier molecular flexibility index (Phi) is 4.84. The molecule has 1 saturated heterocycles. The van der Waals surface area contributed by atoms with Crippen molar-refractivity contribution in [3.05, 3.63) is 0 Å². The first-order valence-corrected chi connectivity index (χ1v) is 7.25. The van der Waals surface area contributed by atoms with Crippen LogP contribution in [0.15, 0.2) is 0 Å². The van der Waals surface area contributed by atoms with Crippen LogP contribution in [0.25, 0.3) is 0 Å². The van der Waals surface area contributed by atoms with Crippen molar-refractivity contribution in [2.75, 3.05) is 26.2 Å². The van der Waals surface area contributed by atoms with Crippen LogP contribution in [0.1, 0.15) is 25.7 Å². The van der Waals surface area contributed by atoms with Crippen molar-refractivity contribution in [3.8, 4) is 12.3 Å². The van der Waals surface area contributed by atoms with Crippen LogP contribution in [0.5, 0.6) is 0 Å². The van der Waals surface area contributed by atoms with Crippen LogP contribution in [0, 0.1) is 24.2 Å². The summed E-state index contributed by atoms with van der Waals surface area (Å²) >= 11 is 0. The van der Waals surface area contributed by atoms with Crippen molar-refractivity contribution < 1.29 is 19.5 Å². The summed E-state index contributed by atoms with van der Waals surface area (Å²) in [6, 6.07) is 0. The van der Waals surface area contributed by atoms with E-state index in [1.54, 1.807) is 0 Å². The van der Waals surface area contributed by atoms with E-state index in [4.69, 9.17) is 11.5 Å². The first kappa shape index (κ1) is 15.4. The predicted molar refractivity (Wildman–Crippen MR) is 75.1 cm³/mol. The van der Waals surface area contributed by atoms with E-state index in [2.05, 4.69) is 5.92 Å². The number of amides is 2. The molecule has 2 aliphatic rings. The highest BCUT2D eigenvalue weighted by Gasteiger charge is 2.36. The summed E-state index contributed by atoms with van der Waals surface area (Å²) in [4.78, 5) is 38.1. The maximum Gasteiger partial charge on any atom is 0.323 e. The number of carbonyl (C=O) groups excluding carboxylic acids is 2. The zero-order valence-corrected chi connectivity index (χ0v) is 12.0. The minimum absolute atomic E-state index is 0.00630. The van der Waals surface area contributed by atoms with Gasteiger partial charge in [0.15, 0.2) is 0 Å². The number of carboxylic acids is 1. The molecule has 21 heavy (non-hydrogen) atoms. The van der Waals surface area contributed by atoms with Crippen LogP contribution in [0.3, 0.4) is 0 Å². The minimum Gasteiger partial charge on any atom is -0.480 e. The quantitative estimate of drug-likeness (QED) is 0.733. The number of carboxylic acid groups (broad SMARTS) is 1. The highest BCUT2D eigenvalue weighted by atomic mass is 16.4. The van der Waals surface area contributed by atoms with E-state index in [1.165, 1.54) is 4.90 Å². The van der Waals surface area contributed by atoms with Crippen LogP contribution >= 0.6 is 0 Å². The number of carbonyl (C=O) groups is 3. The van der Waals surface area contributed by atoms with E-state index in [9.17, 15) is 14.4 Å². The molecule has 1 aliphatic carbocycles. The molecule has 0 bridgehead atoms. The number of aliphatic carboxylic acids is 1. The summed E-state index contributed by atoms with van der Waals surface area (Å²) < 4.78 is 0. The molecule has 2 fully saturated rings. The van der Waals surface area contributed by atoms with E-state index >= 15 is 0 Å². The summed E-state index contributed by atoms with van der Waals surface area (Å²) in [7, 11) is 0. The van der Waals surface area contributed by atoms with Gasteiger partial charge in [0, 0.05) is 24.9 Å². The molecule has 1 saturated carbocycles. The van der Waals surface area contributed by atoms with Gasteiger partial charge in [-0.1, -0.05) is 5.92 Å². The Morgan fingerprint density at radius 3 is 2.24 bits per heavy atom. The average molecular weight is 292 g/mol. The van der Waals surface area contributed by atoms with E-state index in [-0.39, 0.29) is 36.7 Å². The van der Waals surface area contributed by atoms with Crippen molar-refractivity contribution in [1.82, 2.24) is 9.80 Å². The minimum atomic E-state index is -1.07. The number of terminal acetylenes is 1. The molecule has 1 N–H and O–H groups in total. The lowest BCUT2D eigenvalue weighted by atomic mass is 9.95. The Hall–Kier alpha value is -2.03. The molecule has 2 amide bonds. The molecular formula is C15H20N2O4. The zero-order chi connectivity index (χ0) is 15.4. The van der Waals surface area contributed by atoms with Gasteiger partial charge in [-0.3, -0.25) is 14.4 Å². The SMILES string of the molecule is C#CCN(CC(=O)O)C(=O)C1CCN(C(=O)C2CC2)CC1. The maximum absolute atomic E-state index is 12.3. The average Bonchev–Trinajstić information content (AvgIpc) is 3.30. The van der Waals surface area contributed by atoms with E-state index in [0.717, 1.165) is 12.8 Å². The molecule has 0 atom stereocenters. The van der Waals surface area contributed by atoms with Crippen LogP contribution in [0.2, 0.25) is 0 Å². The Balaban J connectivity index is 1.87. The fourth-order valence-electron chi connectivity index (χ4n) is 2.68. The van der Waals surface area contributed by atoms with Crippen molar-refractivity contribution in [2.24, 2.45) is 11.8 Å². The number of rotatable bonds is 5. The molecule has 6 nitrogen and oxygen atoms in total. The van der Waals surface area contributed by atoms with Crippen LogP contribution in [0.4, 0.5) is 0 Å². The summed E-state index contributed by atoms with van der Waals surface area (Å²) in [5, 5.41) is 8.83. The molecule has 1 aliphatic heterocycles. The van der Waals surface area contributed by atoms with E-state index in [0.29, 0.717) is 25.9 Å². The third kappa shape index (κ3) is 3.97. The third-order valence-electron chi connectivity index (χ3n) is 4.00. The standard InChI is InChI=1S/C15H20N2O4/c1-2-7-17(10-13(18)19)15(21)12-5-8-16(9-6-12)14(20)11-3-4-11/h1,11-12H,3-10H2,(H,18,19). The molecule has 0 unspecified atom stereocenters. The van der Waals surface area contributed by atoms with E-state index < -0.39 is 5.97 Å². The molecule has 0 aromatic rings.